The number of nitrogens with zero attached hydrogens (tertiary/aromatic N) is 3. The summed E-state index contributed by atoms with van der Waals surface area (Å²) in [5, 5.41) is 3.90. The van der Waals surface area contributed by atoms with Crippen LogP contribution in [0.25, 0.3) is 0 Å². The van der Waals surface area contributed by atoms with Gasteiger partial charge in [0, 0.05) is 31.7 Å². The van der Waals surface area contributed by atoms with Crippen LogP contribution in [0.1, 0.15) is 24.5 Å². The first-order valence-electron chi connectivity index (χ1n) is 9.50. The second-order valence-electron chi connectivity index (χ2n) is 6.76. The Kier molecular flexibility index (Phi) is 7.48. The van der Waals surface area contributed by atoms with Gasteiger partial charge in [-0.25, -0.2) is 9.98 Å². The molecule has 2 heterocycles. The summed E-state index contributed by atoms with van der Waals surface area (Å²) in [6.45, 7) is 6.97. The van der Waals surface area contributed by atoms with Crippen LogP contribution >= 0.6 is 11.6 Å². The summed E-state index contributed by atoms with van der Waals surface area (Å²) in [5.41, 5.74) is 2.27. The van der Waals surface area contributed by atoms with Crippen LogP contribution in [0.4, 0.5) is 0 Å². The number of likely N-dealkylation sites (tertiary alicyclic amines) is 1. The van der Waals surface area contributed by atoms with Gasteiger partial charge in [-0.1, -0.05) is 48.0 Å². The maximum Gasteiger partial charge on any atom is 0.194 e. The molecule has 0 spiro atoms. The standard InChI is InChI=1S/C21H27ClN4O/c1-2-23-21(25-13-18-8-9-20(22)24-12-18)26-11-10-19(14-26)16-27-15-17-6-4-3-5-7-17/h3-9,12,19H,2,10-11,13-16H2,1H3,(H,23,25). The fraction of sp³-hybridized carbons (Fsp3) is 0.429. The average Bonchev–Trinajstić information content (AvgIpc) is 3.16. The molecule has 1 aliphatic rings. The zero-order valence-electron chi connectivity index (χ0n) is 15.8. The Morgan fingerprint density at radius 1 is 1.26 bits per heavy atom. The van der Waals surface area contributed by atoms with Gasteiger partial charge in [0.1, 0.15) is 5.15 Å². The number of nitrogens with one attached hydrogen (secondary N) is 1. The molecule has 6 heteroatoms. The summed E-state index contributed by atoms with van der Waals surface area (Å²) in [6.07, 6.45) is 2.90. The molecular weight excluding hydrogens is 360 g/mol. The summed E-state index contributed by atoms with van der Waals surface area (Å²) >= 11 is 5.85. The van der Waals surface area contributed by atoms with E-state index in [-0.39, 0.29) is 0 Å². The molecule has 144 valence electrons. The molecule has 2 aromatic rings. The van der Waals surface area contributed by atoms with E-state index in [0.717, 1.165) is 44.2 Å². The van der Waals surface area contributed by atoms with Crippen molar-refractivity contribution in [1.29, 1.82) is 0 Å². The molecule has 0 radical (unpaired) electrons. The van der Waals surface area contributed by atoms with E-state index < -0.39 is 0 Å². The fourth-order valence-corrected chi connectivity index (χ4v) is 3.28. The van der Waals surface area contributed by atoms with Crippen LogP contribution in [-0.4, -0.2) is 42.1 Å². The lowest BCUT2D eigenvalue weighted by Gasteiger charge is -2.21. The monoisotopic (exact) mass is 386 g/mol. The number of benzene rings is 1. The summed E-state index contributed by atoms with van der Waals surface area (Å²) in [4.78, 5) is 11.2. The highest BCUT2D eigenvalue weighted by Crippen LogP contribution is 2.18. The first-order valence-corrected chi connectivity index (χ1v) is 9.87. The van der Waals surface area contributed by atoms with Crippen molar-refractivity contribution in [3.05, 3.63) is 64.9 Å². The molecule has 1 N–H and O–H groups in total. The number of halogens is 1. The average molecular weight is 387 g/mol. The minimum atomic E-state index is 0.507. The number of hydrogen-bond acceptors (Lipinski definition) is 3. The van der Waals surface area contributed by atoms with E-state index in [1.165, 1.54) is 5.56 Å². The van der Waals surface area contributed by atoms with Crippen molar-refractivity contribution >= 4 is 17.6 Å². The van der Waals surface area contributed by atoms with Crippen molar-refractivity contribution in [2.24, 2.45) is 10.9 Å². The summed E-state index contributed by atoms with van der Waals surface area (Å²) in [5.74, 6) is 1.49. The number of hydrogen-bond donors (Lipinski definition) is 1. The van der Waals surface area contributed by atoms with Crippen LogP contribution in [0, 0.1) is 5.92 Å². The summed E-state index contributed by atoms with van der Waals surface area (Å²) < 4.78 is 5.92. The lowest BCUT2D eigenvalue weighted by Crippen LogP contribution is -2.40. The van der Waals surface area contributed by atoms with E-state index in [4.69, 9.17) is 21.3 Å². The third kappa shape index (κ3) is 6.22. The van der Waals surface area contributed by atoms with Gasteiger partial charge in [-0.3, -0.25) is 0 Å². The molecule has 3 rings (SSSR count). The van der Waals surface area contributed by atoms with E-state index in [0.29, 0.717) is 24.2 Å². The minimum absolute atomic E-state index is 0.507. The molecule has 1 unspecified atom stereocenters. The first-order chi connectivity index (χ1) is 13.2. The highest BCUT2D eigenvalue weighted by Gasteiger charge is 2.25. The third-order valence-corrected chi connectivity index (χ3v) is 4.81. The van der Waals surface area contributed by atoms with Crippen molar-refractivity contribution in [1.82, 2.24) is 15.2 Å². The Morgan fingerprint density at radius 3 is 2.85 bits per heavy atom. The highest BCUT2D eigenvalue weighted by molar-refractivity contribution is 6.29. The number of guanidine groups is 1. The largest absolute Gasteiger partial charge is 0.376 e. The van der Waals surface area contributed by atoms with Gasteiger partial charge in [-0.2, -0.15) is 0 Å². The normalized spacial score (nSPS) is 17.3. The van der Waals surface area contributed by atoms with Crippen molar-refractivity contribution in [2.75, 3.05) is 26.2 Å². The molecule has 0 aliphatic carbocycles. The molecule has 1 saturated heterocycles. The van der Waals surface area contributed by atoms with E-state index >= 15 is 0 Å². The third-order valence-electron chi connectivity index (χ3n) is 4.59. The zero-order valence-corrected chi connectivity index (χ0v) is 16.5. The van der Waals surface area contributed by atoms with Gasteiger partial charge in [0.15, 0.2) is 5.96 Å². The predicted octanol–water partition coefficient (Wildman–Crippen LogP) is 3.74. The van der Waals surface area contributed by atoms with Gasteiger partial charge < -0.3 is 15.0 Å². The topological polar surface area (TPSA) is 49.8 Å². The van der Waals surface area contributed by atoms with Gasteiger partial charge in [0.25, 0.3) is 0 Å². The SMILES string of the molecule is CCNC(=NCc1ccc(Cl)nc1)N1CCC(COCc2ccccc2)C1. The van der Waals surface area contributed by atoms with Crippen molar-refractivity contribution in [3.8, 4) is 0 Å². The van der Waals surface area contributed by atoms with E-state index in [2.05, 4.69) is 34.3 Å². The maximum atomic E-state index is 5.92. The number of ether oxygens (including phenoxy) is 1. The number of rotatable bonds is 7. The van der Waals surface area contributed by atoms with Crippen molar-refractivity contribution < 1.29 is 4.74 Å². The lowest BCUT2D eigenvalue weighted by molar-refractivity contribution is 0.0906. The molecular formula is C21H27ClN4O. The van der Waals surface area contributed by atoms with Crippen molar-refractivity contribution in [3.63, 3.8) is 0 Å². The van der Waals surface area contributed by atoms with Crippen LogP contribution in [0.5, 0.6) is 0 Å². The second kappa shape index (κ2) is 10.3. The minimum Gasteiger partial charge on any atom is -0.376 e. The fourth-order valence-electron chi connectivity index (χ4n) is 3.17. The number of aliphatic imine (C=N–C) groups is 1. The molecule has 1 atom stereocenters. The smallest absolute Gasteiger partial charge is 0.194 e. The van der Waals surface area contributed by atoms with Gasteiger partial charge in [0.2, 0.25) is 0 Å². The molecule has 1 aliphatic heterocycles. The van der Waals surface area contributed by atoms with Crippen molar-refractivity contribution in [2.45, 2.75) is 26.5 Å². The lowest BCUT2D eigenvalue weighted by atomic mass is 10.1. The van der Waals surface area contributed by atoms with E-state index in [1.54, 1.807) is 12.3 Å². The summed E-state index contributed by atoms with van der Waals surface area (Å²) in [6, 6.07) is 14.1. The Morgan fingerprint density at radius 2 is 2.11 bits per heavy atom. The molecule has 5 nitrogen and oxygen atoms in total. The molecule has 0 saturated carbocycles. The molecule has 1 aromatic heterocycles. The second-order valence-corrected chi connectivity index (χ2v) is 7.15. The molecule has 1 aromatic carbocycles. The molecule has 1 fully saturated rings. The predicted molar refractivity (Wildman–Crippen MR) is 110 cm³/mol. The first kappa shape index (κ1) is 19.6. The van der Waals surface area contributed by atoms with Gasteiger partial charge in [-0.05, 0) is 30.5 Å². The quantitative estimate of drug-likeness (QED) is 0.447. The van der Waals surface area contributed by atoms with Gasteiger partial charge in [-0.15, -0.1) is 0 Å². The van der Waals surface area contributed by atoms with Gasteiger partial charge in [0.05, 0.1) is 19.8 Å². The Bertz CT molecular complexity index is 721. The molecule has 0 bridgehead atoms. The number of aromatic nitrogens is 1. The Labute approximate surface area is 166 Å². The van der Waals surface area contributed by atoms with Crippen LogP contribution in [-0.2, 0) is 17.9 Å². The van der Waals surface area contributed by atoms with Gasteiger partial charge >= 0.3 is 0 Å². The summed E-state index contributed by atoms with van der Waals surface area (Å²) in [7, 11) is 0. The maximum absolute atomic E-state index is 5.92. The van der Waals surface area contributed by atoms with Crippen LogP contribution < -0.4 is 5.32 Å². The Hall–Kier alpha value is -2.11. The zero-order chi connectivity index (χ0) is 18.9. The van der Waals surface area contributed by atoms with E-state index in [9.17, 15) is 0 Å². The van der Waals surface area contributed by atoms with Crippen LogP contribution in [0.3, 0.4) is 0 Å². The Balaban J connectivity index is 1.49. The molecule has 0 amide bonds. The highest BCUT2D eigenvalue weighted by atomic mass is 35.5. The van der Waals surface area contributed by atoms with E-state index in [1.807, 2.05) is 24.3 Å². The molecule has 27 heavy (non-hydrogen) atoms. The van der Waals surface area contributed by atoms with Crippen LogP contribution in [0.2, 0.25) is 5.15 Å². The number of pyridine rings is 1. The van der Waals surface area contributed by atoms with Crippen LogP contribution in [0.15, 0.2) is 53.7 Å².